The lowest BCUT2D eigenvalue weighted by molar-refractivity contribution is 0.0949. The van der Waals surface area contributed by atoms with Gasteiger partial charge in [-0.3, -0.25) is 9.59 Å². The van der Waals surface area contributed by atoms with Gasteiger partial charge in [0.15, 0.2) is 0 Å². The summed E-state index contributed by atoms with van der Waals surface area (Å²) in [6.45, 7) is 3.03. The fraction of sp³-hybridized carbons (Fsp3) is 0.167. The summed E-state index contributed by atoms with van der Waals surface area (Å²) in [4.78, 5) is 27.1. The van der Waals surface area contributed by atoms with Crippen molar-refractivity contribution in [1.82, 2.24) is 5.32 Å². The molecule has 0 atom stereocenters. The van der Waals surface area contributed by atoms with Crippen LogP contribution in [0.1, 0.15) is 37.4 Å². The lowest BCUT2D eigenvalue weighted by Crippen LogP contribution is -2.28. The number of halogens is 1. The summed E-state index contributed by atoms with van der Waals surface area (Å²) >= 11 is 5.92. The van der Waals surface area contributed by atoms with Gasteiger partial charge in [-0.2, -0.15) is 0 Å². The Balaban J connectivity index is 1.46. The molecule has 0 bridgehead atoms. The van der Waals surface area contributed by atoms with Crippen LogP contribution in [0, 0.1) is 6.92 Å². The van der Waals surface area contributed by atoms with Crippen molar-refractivity contribution in [1.29, 1.82) is 0 Å². The number of aryl methyl sites for hydroxylation is 1. The van der Waals surface area contributed by atoms with Crippen molar-refractivity contribution in [3.05, 3.63) is 99.6 Å². The molecule has 1 aliphatic rings. The van der Waals surface area contributed by atoms with Crippen LogP contribution >= 0.6 is 11.6 Å². The second-order valence-corrected chi connectivity index (χ2v) is 7.61. The fourth-order valence-corrected chi connectivity index (χ4v) is 3.76. The van der Waals surface area contributed by atoms with Gasteiger partial charge in [0.05, 0.1) is 0 Å². The standard InChI is InChI=1S/C24H21ClN2O2/c1-16-4-2-3-5-21(16)23(28)26-15-17-6-11-22-19(14-17)12-13-27(22)24(29)18-7-9-20(25)10-8-18/h2-11,14H,12-13,15H2,1H3,(H,26,28). The largest absolute Gasteiger partial charge is 0.348 e. The molecule has 3 aromatic rings. The molecule has 0 fully saturated rings. The first-order valence-corrected chi connectivity index (χ1v) is 9.94. The third kappa shape index (κ3) is 4.03. The molecule has 5 heteroatoms. The molecule has 29 heavy (non-hydrogen) atoms. The zero-order valence-electron chi connectivity index (χ0n) is 16.1. The van der Waals surface area contributed by atoms with Crippen LogP contribution in [-0.2, 0) is 13.0 Å². The monoisotopic (exact) mass is 404 g/mol. The number of rotatable bonds is 4. The maximum absolute atomic E-state index is 12.8. The number of amides is 2. The van der Waals surface area contributed by atoms with Crippen LogP contribution in [0.5, 0.6) is 0 Å². The first-order valence-electron chi connectivity index (χ1n) is 9.56. The Hall–Kier alpha value is -3.11. The van der Waals surface area contributed by atoms with Crippen LogP contribution < -0.4 is 10.2 Å². The number of fused-ring (bicyclic) bond motifs is 1. The quantitative estimate of drug-likeness (QED) is 0.680. The summed E-state index contributed by atoms with van der Waals surface area (Å²) in [5.74, 6) is -0.107. The van der Waals surface area contributed by atoms with Crippen molar-refractivity contribution >= 4 is 29.1 Å². The second kappa shape index (κ2) is 8.10. The van der Waals surface area contributed by atoms with Crippen molar-refractivity contribution in [2.45, 2.75) is 19.9 Å². The molecule has 4 nitrogen and oxygen atoms in total. The van der Waals surface area contributed by atoms with Crippen LogP contribution in [0.25, 0.3) is 0 Å². The Bertz CT molecular complexity index is 1080. The Morgan fingerprint density at radius 3 is 2.55 bits per heavy atom. The number of nitrogens with one attached hydrogen (secondary N) is 1. The molecular formula is C24H21ClN2O2. The van der Waals surface area contributed by atoms with E-state index in [1.165, 1.54) is 0 Å². The highest BCUT2D eigenvalue weighted by Gasteiger charge is 2.25. The molecule has 0 unspecified atom stereocenters. The van der Waals surface area contributed by atoms with Crippen molar-refractivity contribution in [2.75, 3.05) is 11.4 Å². The minimum Gasteiger partial charge on any atom is -0.348 e. The molecule has 1 aliphatic heterocycles. The van der Waals surface area contributed by atoms with E-state index in [0.717, 1.165) is 28.8 Å². The van der Waals surface area contributed by atoms with Gasteiger partial charge in [-0.1, -0.05) is 41.9 Å². The SMILES string of the molecule is Cc1ccccc1C(=O)NCc1ccc2c(c1)CCN2C(=O)c1ccc(Cl)cc1. The van der Waals surface area contributed by atoms with E-state index in [-0.39, 0.29) is 11.8 Å². The number of anilines is 1. The summed E-state index contributed by atoms with van der Waals surface area (Å²) in [6, 6.07) is 20.5. The van der Waals surface area contributed by atoms with E-state index in [1.807, 2.05) is 43.3 Å². The molecule has 0 saturated heterocycles. The number of carbonyl (C=O) groups is 2. The molecule has 4 rings (SSSR count). The van der Waals surface area contributed by atoms with Crippen LogP contribution in [0.15, 0.2) is 66.7 Å². The Labute approximate surface area is 175 Å². The van der Waals surface area contributed by atoms with Crippen LogP contribution in [0.4, 0.5) is 5.69 Å². The van der Waals surface area contributed by atoms with E-state index < -0.39 is 0 Å². The fourth-order valence-electron chi connectivity index (χ4n) is 3.63. The minimum absolute atomic E-state index is 0.0268. The topological polar surface area (TPSA) is 49.4 Å². The predicted molar refractivity (Wildman–Crippen MR) is 116 cm³/mol. The van der Waals surface area contributed by atoms with E-state index in [9.17, 15) is 9.59 Å². The van der Waals surface area contributed by atoms with Gasteiger partial charge < -0.3 is 10.2 Å². The van der Waals surface area contributed by atoms with Gasteiger partial charge >= 0.3 is 0 Å². The molecule has 0 aromatic heterocycles. The van der Waals surface area contributed by atoms with Gasteiger partial charge in [-0.25, -0.2) is 0 Å². The summed E-state index contributed by atoms with van der Waals surface area (Å²) in [5, 5.41) is 3.59. The third-order valence-electron chi connectivity index (χ3n) is 5.22. The van der Waals surface area contributed by atoms with Gasteiger partial charge in [0.2, 0.25) is 0 Å². The second-order valence-electron chi connectivity index (χ2n) is 7.17. The van der Waals surface area contributed by atoms with Crippen molar-refractivity contribution in [3.8, 4) is 0 Å². The van der Waals surface area contributed by atoms with Crippen LogP contribution in [0.2, 0.25) is 5.02 Å². The molecule has 0 aliphatic carbocycles. The zero-order chi connectivity index (χ0) is 20.4. The van der Waals surface area contributed by atoms with Gasteiger partial charge in [-0.05, 0) is 66.4 Å². The first kappa shape index (κ1) is 19.2. The van der Waals surface area contributed by atoms with E-state index in [0.29, 0.717) is 29.2 Å². The van der Waals surface area contributed by atoms with E-state index in [1.54, 1.807) is 29.2 Å². The molecule has 1 N–H and O–H groups in total. The van der Waals surface area contributed by atoms with Crippen molar-refractivity contribution in [2.24, 2.45) is 0 Å². The molecule has 146 valence electrons. The lowest BCUT2D eigenvalue weighted by atomic mass is 10.1. The number of carbonyl (C=O) groups excluding carboxylic acids is 2. The zero-order valence-corrected chi connectivity index (χ0v) is 16.9. The van der Waals surface area contributed by atoms with Crippen LogP contribution in [0.3, 0.4) is 0 Å². The normalized spacial score (nSPS) is 12.6. The summed E-state index contributed by atoms with van der Waals surface area (Å²) < 4.78 is 0. The Kier molecular flexibility index (Phi) is 5.36. The van der Waals surface area contributed by atoms with E-state index >= 15 is 0 Å². The first-order chi connectivity index (χ1) is 14.0. The Morgan fingerprint density at radius 2 is 1.79 bits per heavy atom. The maximum atomic E-state index is 12.8. The molecular weight excluding hydrogens is 384 g/mol. The molecule has 0 saturated carbocycles. The molecule has 0 spiro atoms. The summed E-state index contributed by atoms with van der Waals surface area (Å²) in [5.41, 5.74) is 5.33. The number of benzene rings is 3. The van der Waals surface area contributed by atoms with Gasteiger partial charge in [0.25, 0.3) is 11.8 Å². The van der Waals surface area contributed by atoms with Gasteiger partial charge in [0.1, 0.15) is 0 Å². The molecule has 0 radical (unpaired) electrons. The van der Waals surface area contributed by atoms with Gasteiger partial charge in [0, 0.05) is 34.9 Å². The molecule has 2 amide bonds. The average Bonchev–Trinajstić information content (AvgIpc) is 3.15. The van der Waals surface area contributed by atoms with Gasteiger partial charge in [-0.15, -0.1) is 0 Å². The van der Waals surface area contributed by atoms with Crippen LogP contribution in [-0.4, -0.2) is 18.4 Å². The smallest absolute Gasteiger partial charge is 0.258 e. The number of hydrogen-bond donors (Lipinski definition) is 1. The highest BCUT2D eigenvalue weighted by molar-refractivity contribution is 6.30. The third-order valence-corrected chi connectivity index (χ3v) is 5.47. The molecule has 1 heterocycles. The van der Waals surface area contributed by atoms with Crippen molar-refractivity contribution in [3.63, 3.8) is 0 Å². The Morgan fingerprint density at radius 1 is 1.03 bits per heavy atom. The maximum Gasteiger partial charge on any atom is 0.258 e. The van der Waals surface area contributed by atoms with Crippen molar-refractivity contribution < 1.29 is 9.59 Å². The van der Waals surface area contributed by atoms with E-state index in [2.05, 4.69) is 11.4 Å². The summed E-state index contributed by atoms with van der Waals surface area (Å²) in [7, 11) is 0. The summed E-state index contributed by atoms with van der Waals surface area (Å²) in [6.07, 6.45) is 0.800. The predicted octanol–water partition coefficient (Wildman–Crippen LogP) is 4.78. The highest BCUT2D eigenvalue weighted by atomic mass is 35.5. The minimum atomic E-state index is -0.0804. The van der Waals surface area contributed by atoms with E-state index in [4.69, 9.17) is 11.6 Å². The number of hydrogen-bond acceptors (Lipinski definition) is 2. The highest BCUT2D eigenvalue weighted by Crippen LogP contribution is 2.30. The molecule has 3 aromatic carbocycles. The number of nitrogens with zero attached hydrogens (tertiary/aromatic N) is 1. The lowest BCUT2D eigenvalue weighted by Gasteiger charge is -2.18. The average molecular weight is 405 g/mol.